The van der Waals surface area contributed by atoms with Crippen LogP contribution >= 0.6 is 11.6 Å². The number of hydroxylamine groups is 1. The van der Waals surface area contributed by atoms with Crippen LogP contribution < -0.4 is 10.8 Å². The second kappa shape index (κ2) is 4.33. The molecule has 6 nitrogen and oxygen atoms in total. The summed E-state index contributed by atoms with van der Waals surface area (Å²) in [6.07, 6.45) is 0. The minimum absolute atomic E-state index is 0.0294. The van der Waals surface area contributed by atoms with Crippen LogP contribution in [0.25, 0.3) is 0 Å². The van der Waals surface area contributed by atoms with Crippen molar-refractivity contribution in [2.45, 2.75) is 6.92 Å². The highest BCUT2D eigenvalue weighted by atomic mass is 35.5. The minimum Gasteiger partial charge on any atom is -0.393 e. The smallest absolute Gasteiger partial charge is 0.294 e. The molecule has 0 amide bonds. The molecular weight excluding hydrogens is 222 g/mol. The Kier molecular flexibility index (Phi) is 3.33. The van der Waals surface area contributed by atoms with E-state index in [2.05, 4.69) is 0 Å². The number of benzene rings is 1. The molecule has 0 saturated carbocycles. The monoisotopic (exact) mass is 231 g/mol. The van der Waals surface area contributed by atoms with Gasteiger partial charge in [-0.05, 0) is 13.0 Å². The van der Waals surface area contributed by atoms with E-state index in [1.807, 2.05) is 0 Å². The van der Waals surface area contributed by atoms with Gasteiger partial charge in [0.2, 0.25) is 0 Å². The third-order valence-electron chi connectivity index (χ3n) is 1.87. The van der Waals surface area contributed by atoms with Gasteiger partial charge in [-0.2, -0.15) is 0 Å². The van der Waals surface area contributed by atoms with Crippen LogP contribution in [0.5, 0.6) is 0 Å². The van der Waals surface area contributed by atoms with Crippen molar-refractivity contribution >= 4 is 28.7 Å². The lowest BCUT2D eigenvalue weighted by Gasteiger charge is -2.15. The molecule has 1 aromatic rings. The molecule has 0 aliphatic carbocycles. The van der Waals surface area contributed by atoms with Crippen molar-refractivity contribution in [2.75, 3.05) is 17.3 Å². The van der Waals surface area contributed by atoms with Crippen LogP contribution in [-0.2, 0) is 0 Å². The molecule has 0 bridgehead atoms. The van der Waals surface area contributed by atoms with Crippen LogP contribution in [0.4, 0.5) is 17.1 Å². The maximum atomic E-state index is 10.6. The first-order chi connectivity index (χ1) is 6.97. The van der Waals surface area contributed by atoms with Crippen LogP contribution in [0.3, 0.4) is 0 Å². The van der Waals surface area contributed by atoms with Crippen LogP contribution in [-0.4, -0.2) is 16.7 Å². The van der Waals surface area contributed by atoms with Gasteiger partial charge in [-0.25, -0.2) is 0 Å². The average Bonchev–Trinajstić information content (AvgIpc) is 2.16. The molecule has 7 heteroatoms. The summed E-state index contributed by atoms with van der Waals surface area (Å²) in [4.78, 5) is 9.95. The third-order valence-corrected chi connectivity index (χ3v) is 2.17. The lowest BCUT2D eigenvalue weighted by atomic mass is 10.2. The van der Waals surface area contributed by atoms with Gasteiger partial charge in [0, 0.05) is 12.6 Å². The Morgan fingerprint density at radius 2 is 2.27 bits per heavy atom. The summed E-state index contributed by atoms with van der Waals surface area (Å²) in [5.41, 5.74) is 5.27. The lowest BCUT2D eigenvalue weighted by Crippen LogP contribution is -2.17. The highest BCUT2D eigenvalue weighted by Crippen LogP contribution is 2.33. The minimum atomic E-state index is -0.626. The molecule has 82 valence electrons. The Labute approximate surface area is 91.0 Å². The fourth-order valence-electron chi connectivity index (χ4n) is 1.09. The summed E-state index contributed by atoms with van der Waals surface area (Å²) >= 11 is 5.78. The van der Waals surface area contributed by atoms with E-state index in [0.29, 0.717) is 0 Å². The summed E-state index contributed by atoms with van der Waals surface area (Å²) in [5.74, 6) is 0. The van der Waals surface area contributed by atoms with Crippen molar-refractivity contribution < 1.29 is 10.1 Å². The molecule has 0 heterocycles. The summed E-state index contributed by atoms with van der Waals surface area (Å²) in [5, 5.41) is 21.0. The Morgan fingerprint density at radius 1 is 1.67 bits per heavy atom. The second-order valence-corrected chi connectivity index (χ2v) is 3.24. The van der Waals surface area contributed by atoms with E-state index < -0.39 is 4.92 Å². The van der Waals surface area contributed by atoms with Crippen molar-refractivity contribution in [1.29, 1.82) is 0 Å². The molecule has 0 saturated heterocycles. The molecule has 0 fully saturated rings. The van der Waals surface area contributed by atoms with E-state index in [4.69, 9.17) is 17.3 Å². The molecule has 0 atom stereocenters. The van der Waals surface area contributed by atoms with E-state index in [0.717, 1.165) is 11.1 Å². The summed E-state index contributed by atoms with van der Waals surface area (Å²) in [6, 6.07) is 2.38. The third kappa shape index (κ3) is 2.28. The number of hydrogen-bond acceptors (Lipinski definition) is 5. The van der Waals surface area contributed by atoms with Gasteiger partial charge in [-0.15, -0.1) is 0 Å². The van der Waals surface area contributed by atoms with Gasteiger partial charge in [-0.3, -0.25) is 20.4 Å². The predicted molar refractivity (Wildman–Crippen MR) is 57.3 cm³/mol. The first-order valence-corrected chi connectivity index (χ1v) is 4.55. The zero-order valence-electron chi connectivity index (χ0n) is 7.98. The van der Waals surface area contributed by atoms with E-state index in [1.165, 1.54) is 6.07 Å². The Morgan fingerprint density at radius 3 is 2.73 bits per heavy atom. The van der Waals surface area contributed by atoms with Crippen molar-refractivity contribution in [2.24, 2.45) is 0 Å². The summed E-state index contributed by atoms with van der Waals surface area (Å²) in [7, 11) is 0. The number of nitrogens with zero attached hydrogens (tertiary/aromatic N) is 2. The molecule has 0 aliphatic heterocycles. The number of anilines is 2. The van der Waals surface area contributed by atoms with Crippen LogP contribution in [0.2, 0.25) is 5.02 Å². The number of halogens is 1. The molecule has 0 aromatic heterocycles. The second-order valence-electron chi connectivity index (χ2n) is 2.84. The quantitative estimate of drug-likeness (QED) is 0.472. The van der Waals surface area contributed by atoms with Crippen molar-refractivity contribution in [3.8, 4) is 0 Å². The largest absolute Gasteiger partial charge is 0.393 e. The molecule has 0 unspecified atom stereocenters. The number of nitro benzene ring substituents is 1. The number of nitro groups is 1. The normalized spacial score (nSPS) is 10.1. The fourth-order valence-corrected chi connectivity index (χ4v) is 1.36. The molecule has 1 aromatic carbocycles. The zero-order chi connectivity index (χ0) is 11.6. The van der Waals surface area contributed by atoms with Gasteiger partial charge < -0.3 is 5.73 Å². The highest BCUT2D eigenvalue weighted by molar-refractivity contribution is 6.33. The molecular formula is C8H10ClN3O3. The van der Waals surface area contributed by atoms with Crippen molar-refractivity contribution in [3.63, 3.8) is 0 Å². The van der Waals surface area contributed by atoms with Crippen LogP contribution in [0.15, 0.2) is 12.1 Å². The van der Waals surface area contributed by atoms with E-state index in [9.17, 15) is 15.3 Å². The van der Waals surface area contributed by atoms with E-state index in [-0.39, 0.29) is 28.6 Å². The SMILES string of the molecule is CCN(O)c1cc([N+](=O)[O-])c(N)cc1Cl. The molecule has 0 radical (unpaired) electrons. The van der Waals surface area contributed by atoms with Gasteiger partial charge in [0.25, 0.3) is 5.69 Å². The number of nitrogens with two attached hydrogens (primary N) is 1. The maximum absolute atomic E-state index is 10.6. The standard InChI is InChI=1S/C8H10ClN3O3/c1-2-11(13)7-4-8(12(14)15)6(10)3-5(7)9/h3-4,13H,2,10H2,1H3. The Balaban J connectivity index is 3.29. The van der Waals surface area contributed by atoms with Gasteiger partial charge in [0.1, 0.15) is 5.69 Å². The number of rotatable bonds is 3. The van der Waals surface area contributed by atoms with Crippen molar-refractivity contribution in [1.82, 2.24) is 0 Å². The van der Waals surface area contributed by atoms with Gasteiger partial charge in [0.05, 0.1) is 15.6 Å². The molecule has 1 rings (SSSR count). The number of nitrogen functional groups attached to an aromatic ring is 1. The zero-order valence-corrected chi connectivity index (χ0v) is 8.73. The Hall–Kier alpha value is -1.53. The molecule has 0 spiro atoms. The highest BCUT2D eigenvalue weighted by Gasteiger charge is 2.17. The van der Waals surface area contributed by atoms with Gasteiger partial charge in [-0.1, -0.05) is 11.6 Å². The summed E-state index contributed by atoms with van der Waals surface area (Å²) in [6.45, 7) is 1.94. The molecule has 3 N–H and O–H groups in total. The number of hydrogen-bond donors (Lipinski definition) is 2. The average molecular weight is 232 g/mol. The summed E-state index contributed by atoms with van der Waals surface area (Å²) < 4.78 is 0. The first-order valence-electron chi connectivity index (χ1n) is 4.17. The maximum Gasteiger partial charge on any atom is 0.294 e. The van der Waals surface area contributed by atoms with E-state index in [1.54, 1.807) is 6.92 Å². The predicted octanol–water partition coefficient (Wildman–Crippen LogP) is 2.05. The van der Waals surface area contributed by atoms with Crippen LogP contribution in [0.1, 0.15) is 6.92 Å². The first kappa shape index (κ1) is 11.5. The van der Waals surface area contributed by atoms with Gasteiger partial charge >= 0.3 is 0 Å². The Bertz CT molecular complexity index is 397. The molecule has 0 aliphatic rings. The lowest BCUT2D eigenvalue weighted by molar-refractivity contribution is -0.383. The van der Waals surface area contributed by atoms with Crippen LogP contribution in [0, 0.1) is 10.1 Å². The topological polar surface area (TPSA) is 92.6 Å². The van der Waals surface area contributed by atoms with Gasteiger partial charge in [0.15, 0.2) is 0 Å². The molecule has 15 heavy (non-hydrogen) atoms. The van der Waals surface area contributed by atoms with E-state index >= 15 is 0 Å². The van der Waals surface area contributed by atoms with Crippen molar-refractivity contribution in [3.05, 3.63) is 27.3 Å². The fraction of sp³-hybridized carbons (Fsp3) is 0.250.